The lowest BCUT2D eigenvalue weighted by Crippen LogP contribution is -2.00. The number of thiazole rings is 1. The molecule has 100 valence electrons. The molecule has 2 rings (SSSR count). The van der Waals surface area contributed by atoms with Crippen LogP contribution in [0.25, 0.3) is 0 Å². The highest BCUT2D eigenvalue weighted by atomic mass is 79.9. The number of benzene rings is 1. The lowest BCUT2D eigenvalue weighted by atomic mass is 10.2. The van der Waals surface area contributed by atoms with Crippen LogP contribution in [0.15, 0.2) is 28.3 Å². The Hall–Kier alpha value is -1.40. The Morgan fingerprint density at radius 1 is 1.42 bits per heavy atom. The van der Waals surface area contributed by atoms with Crippen molar-refractivity contribution in [3.05, 3.63) is 38.8 Å². The molecule has 0 saturated heterocycles. The monoisotopic (exact) mass is 341 g/mol. The number of rotatable bonds is 6. The molecule has 0 spiro atoms. The highest BCUT2D eigenvalue weighted by molar-refractivity contribution is 9.10. The van der Waals surface area contributed by atoms with E-state index in [1.807, 2.05) is 6.92 Å². The van der Waals surface area contributed by atoms with Crippen molar-refractivity contribution in [2.45, 2.75) is 13.5 Å². The standard InChI is InChI=1S/C13H12BrNO3S/c1-2-17-12-4-9(6-16)3-11(14)13(12)18-7-10-5-15-8-19-10/h3-6,8H,2,7H2,1H3. The summed E-state index contributed by atoms with van der Waals surface area (Å²) in [5.74, 6) is 1.16. The van der Waals surface area contributed by atoms with Crippen LogP contribution in [-0.2, 0) is 6.61 Å². The third kappa shape index (κ3) is 3.54. The molecule has 0 N–H and O–H groups in total. The largest absolute Gasteiger partial charge is 0.490 e. The van der Waals surface area contributed by atoms with E-state index in [1.54, 1.807) is 23.8 Å². The molecule has 6 heteroatoms. The fourth-order valence-electron chi connectivity index (χ4n) is 1.52. The number of halogens is 1. The normalized spacial score (nSPS) is 10.2. The summed E-state index contributed by atoms with van der Waals surface area (Å²) in [5.41, 5.74) is 2.30. The van der Waals surface area contributed by atoms with Crippen LogP contribution in [-0.4, -0.2) is 17.9 Å². The van der Waals surface area contributed by atoms with Crippen molar-refractivity contribution in [1.82, 2.24) is 4.98 Å². The summed E-state index contributed by atoms with van der Waals surface area (Å²) >= 11 is 4.92. The van der Waals surface area contributed by atoms with Gasteiger partial charge in [-0.15, -0.1) is 11.3 Å². The number of nitrogens with zero attached hydrogens (tertiary/aromatic N) is 1. The van der Waals surface area contributed by atoms with Crippen LogP contribution in [0.1, 0.15) is 22.2 Å². The van der Waals surface area contributed by atoms with E-state index >= 15 is 0 Å². The van der Waals surface area contributed by atoms with Gasteiger partial charge in [0.15, 0.2) is 11.5 Å². The van der Waals surface area contributed by atoms with Crippen molar-refractivity contribution in [2.75, 3.05) is 6.61 Å². The van der Waals surface area contributed by atoms with Crippen molar-refractivity contribution >= 4 is 33.6 Å². The number of aromatic nitrogens is 1. The van der Waals surface area contributed by atoms with E-state index in [0.717, 1.165) is 11.2 Å². The van der Waals surface area contributed by atoms with E-state index < -0.39 is 0 Å². The van der Waals surface area contributed by atoms with E-state index in [4.69, 9.17) is 9.47 Å². The van der Waals surface area contributed by atoms with E-state index in [1.165, 1.54) is 11.3 Å². The minimum absolute atomic E-state index is 0.420. The minimum Gasteiger partial charge on any atom is -0.490 e. The van der Waals surface area contributed by atoms with Crippen LogP contribution in [0.2, 0.25) is 0 Å². The third-order valence-corrected chi connectivity index (χ3v) is 3.65. The first-order valence-corrected chi connectivity index (χ1v) is 7.33. The molecule has 1 aromatic heterocycles. The van der Waals surface area contributed by atoms with Crippen LogP contribution in [0.5, 0.6) is 11.5 Å². The summed E-state index contributed by atoms with van der Waals surface area (Å²) in [5, 5.41) is 0. The topological polar surface area (TPSA) is 48.4 Å². The van der Waals surface area contributed by atoms with Gasteiger partial charge in [-0.2, -0.15) is 0 Å². The minimum atomic E-state index is 0.420. The predicted molar refractivity (Wildman–Crippen MR) is 77.1 cm³/mol. The smallest absolute Gasteiger partial charge is 0.175 e. The van der Waals surface area contributed by atoms with Crippen LogP contribution in [0.3, 0.4) is 0 Å². The SMILES string of the molecule is CCOc1cc(C=O)cc(Br)c1OCc1cncs1. The number of hydrogen-bond donors (Lipinski definition) is 0. The van der Waals surface area contributed by atoms with Crippen LogP contribution in [0, 0.1) is 0 Å². The van der Waals surface area contributed by atoms with Crippen LogP contribution >= 0.6 is 27.3 Å². The molecule has 0 aliphatic carbocycles. The molecule has 0 amide bonds. The van der Waals surface area contributed by atoms with Gasteiger partial charge in [-0.25, -0.2) is 0 Å². The van der Waals surface area contributed by atoms with Gasteiger partial charge in [0, 0.05) is 11.8 Å². The molecule has 0 saturated carbocycles. The Labute approximate surface area is 123 Å². The maximum absolute atomic E-state index is 10.8. The molecule has 0 aliphatic heterocycles. The summed E-state index contributed by atoms with van der Waals surface area (Å²) in [6, 6.07) is 3.38. The molecule has 1 aromatic carbocycles. The molecular weight excluding hydrogens is 330 g/mol. The van der Waals surface area contributed by atoms with Gasteiger partial charge in [-0.3, -0.25) is 9.78 Å². The Kier molecular flexibility index (Phi) is 4.93. The van der Waals surface area contributed by atoms with Gasteiger partial charge in [0.1, 0.15) is 12.9 Å². The van der Waals surface area contributed by atoms with Crippen molar-refractivity contribution in [3.8, 4) is 11.5 Å². The Morgan fingerprint density at radius 2 is 2.26 bits per heavy atom. The Balaban J connectivity index is 2.24. The molecule has 2 aromatic rings. The lowest BCUT2D eigenvalue weighted by Gasteiger charge is -2.13. The Morgan fingerprint density at radius 3 is 2.89 bits per heavy atom. The molecule has 0 atom stereocenters. The lowest BCUT2D eigenvalue weighted by molar-refractivity contribution is 0.112. The second kappa shape index (κ2) is 6.68. The van der Waals surface area contributed by atoms with Crippen molar-refractivity contribution in [2.24, 2.45) is 0 Å². The average Bonchev–Trinajstić information content (AvgIpc) is 2.91. The molecule has 4 nitrogen and oxygen atoms in total. The number of carbonyl (C=O) groups is 1. The number of carbonyl (C=O) groups excluding carboxylic acids is 1. The van der Waals surface area contributed by atoms with E-state index in [0.29, 0.717) is 34.7 Å². The number of hydrogen-bond acceptors (Lipinski definition) is 5. The van der Waals surface area contributed by atoms with Crippen molar-refractivity contribution in [1.29, 1.82) is 0 Å². The summed E-state index contributed by atoms with van der Waals surface area (Å²) in [6.07, 6.45) is 2.54. The second-order valence-corrected chi connectivity index (χ2v) is 5.46. The van der Waals surface area contributed by atoms with E-state index in [9.17, 15) is 4.79 Å². The first-order valence-electron chi connectivity index (χ1n) is 5.66. The zero-order valence-corrected chi connectivity index (χ0v) is 12.7. The summed E-state index contributed by atoms with van der Waals surface area (Å²) in [7, 11) is 0. The molecule has 0 radical (unpaired) electrons. The molecule has 1 heterocycles. The molecule has 0 unspecified atom stereocenters. The fourth-order valence-corrected chi connectivity index (χ4v) is 2.60. The third-order valence-electron chi connectivity index (χ3n) is 2.31. The average molecular weight is 342 g/mol. The van der Waals surface area contributed by atoms with Gasteiger partial charge in [0.05, 0.1) is 21.5 Å². The van der Waals surface area contributed by atoms with Gasteiger partial charge < -0.3 is 9.47 Å². The van der Waals surface area contributed by atoms with Gasteiger partial charge in [-0.05, 0) is 35.0 Å². The van der Waals surface area contributed by atoms with E-state index in [-0.39, 0.29) is 0 Å². The molecule has 0 fully saturated rings. The van der Waals surface area contributed by atoms with E-state index in [2.05, 4.69) is 20.9 Å². The van der Waals surface area contributed by atoms with Gasteiger partial charge in [0.2, 0.25) is 0 Å². The van der Waals surface area contributed by atoms with Crippen molar-refractivity contribution in [3.63, 3.8) is 0 Å². The second-order valence-electron chi connectivity index (χ2n) is 3.64. The Bertz CT molecular complexity index is 557. The highest BCUT2D eigenvalue weighted by Crippen LogP contribution is 2.37. The van der Waals surface area contributed by atoms with Gasteiger partial charge in [-0.1, -0.05) is 0 Å². The maximum Gasteiger partial charge on any atom is 0.175 e. The van der Waals surface area contributed by atoms with Crippen molar-refractivity contribution < 1.29 is 14.3 Å². The quantitative estimate of drug-likeness (QED) is 0.751. The first kappa shape index (κ1) is 14.0. The zero-order chi connectivity index (χ0) is 13.7. The molecule has 0 bridgehead atoms. The van der Waals surface area contributed by atoms with Crippen LogP contribution < -0.4 is 9.47 Å². The summed E-state index contributed by atoms with van der Waals surface area (Å²) < 4.78 is 12.0. The van der Waals surface area contributed by atoms with Gasteiger partial charge in [0.25, 0.3) is 0 Å². The first-order chi connectivity index (χ1) is 9.24. The maximum atomic E-state index is 10.8. The van der Waals surface area contributed by atoms with Gasteiger partial charge >= 0.3 is 0 Å². The molecular formula is C13H12BrNO3S. The summed E-state index contributed by atoms with van der Waals surface area (Å²) in [6.45, 7) is 2.81. The predicted octanol–water partition coefficient (Wildman–Crippen LogP) is 3.70. The fraction of sp³-hybridized carbons (Fsp3) is 0.231. The summed E-state index contributed by atoms with van der Waals surface area (Å²) in [4.78, 5) is 15.9. The molecule has 19 heavy (non-hydrogen) atoms. The zero-order valence-electron chi connectivity index (χ0n) is 10.3. The number of ether oxygens (including phenoxy) is 2. The highest BCUT2D eigenvalue weighted by Gasteiger charge is 2.12. The number of aldehydes is 1. The molecule has 0 aliphatic rings. The van der Waals surface area contributed by atoms with Crippen LogP contribution in [0.4, 0.5) is 0 Å².